The Morgan fingerprint density at radius 2 is 1.88 bits per heavy atom. The van der Waals surface area contributed by atoms with E-state index >= 15 is 0 Å². The predicted octanol–water partition coefficient (Wildman–Crippen LogP) is 4.82. The molecule has 40 heavy (non-hydrogen) atoms. The Morgan fingerprint density at radius 3 is 2.65 bits per heavy atom. The number of nitrogens with zero attached hydrogens (tertiary/aromatic N) is 1. The number of amides is 3. The molecule has 1 saturated heterocycles. The third kappa shape index (κ3) is 6.43. The maximum Gasteiger partial charge on any atom is 0.257 e. The van der Waals surface area contributed by atoms with E-state index in [2.05, 4.69) is 10.6 Å². The van der Waals surface area contributed by atoms with Crippen molar-refractivity contribution in [3.05, 3.63) is 94.3 Å². The summed E-state index contributed by atoms with van der Waals surface area (Å²) in [5.74, 6) is -0.726. The highest BCUT2D eigenvalue weighted by Gasteiger charge is 2.39. The summed E-state index contributed by atoms with van der Waals surface area (Å²) in [7, 11) is 1.73. The van der Waals surface area contributed by atoms with Crippen molar-refractivity contribution >= 4 is 35.0 Å². The van der Waals surface area contributed by atoms with Crippen molar-refractivity contribution in [3.8, 4) is 5.75 Å². The number of hydrogen-bond acceptors (Lipinski definition) is 5. The summed E-state index contributed by atoms with van der Waals surface area (Å²) in [6.45, 7) is 0.432. The molecule has 3 aromatic carbocycles. The van der Waals surface area contributed by atoms with Crippen LogP contribution in [0.4, 0.5) is 10.1 Å². The lowest BCUT2D eigenvalue weighted by atomic mass is 9.94. The maximum absolute atomic E-state index is 13.5. The fourth-order valence-electron chi connectivity index (χ4n) is 5.04. The molecule has 8 nitrogen and oxygen atoms in total. The first-order valence-corrected chi connectivity index (χ1v) is 13.4. The van der Waals surface area contributed by atoms with Crippen LogP contribution < -0.4 is 15.4 Å². The standard InChI is InChI=1S/C30H29ClFN3O5/c1-35-25-11-10-23(15-28(36)33-16-18-3-2-4-21(32)13-18)40-27(25)17-39-26-12-9-22(14-24(26)30(35)38)34-29(37)19-5-7-20(31)8-6-19/h2-9,12-14,23,25,27H,10-11,15-17H2,1H3,(H,33,36)(H,34,37)/t23-,25-,27+/m1/s1. The van der Waals surface area contributed by atoms with Crippen LogP contribution in [-0.4, -0.2) is 54.5 Å². The smallest absolute Gasteiger partial charge is 0.257 e. The molecule has 208 valence electrons. The second-order valence-electron chi connectivity index (χ2n) is 9.95. The zero-order valence-corrected chi connectivity index (χ0v) is 22.6. The van der Waals surface area contributed by atoms with Gasteiger partial charge in [-0.15, -0.1) is 0 Å². The Morgan fingerprint density at radius 1 is 1.07 bits per heavy atom. The van der Waals surface area contributed by atoms with Crippen LogP contribution in [0.15, 0.2) is 66.7 Å². The highest BCUT2D eigenvalue weighted by Crippen LogP contribution is 2.32. The topological polar surface area (TPSA) is 97.0 Å². The molecule has 5 rings (SSSR count). The van der Waals surface area contributed by atoms with Crippen LogP contribution in [0, 0.1) is 5.82 Å². The van der Waals surface area contributed by atoms with E-state index in [4.69, 9.17) is 21.1 Å². The lowest BCUT2D eigenvalue weighted by Crippen LogP contribution is -2.53. The molecular formula is C30H29ClFN3O5. The Hall–Kier alpha value is -3.95. The van der Waals surface area contributed by atoms with Crippen molar-refractivity contribution in [2.24, 2.45) is 0 Å². The second kappa shape index (κ2) is 12.1. The summed E-state index contributed by atoms with van der Waals surface area (Å²) >= 11 is 5.91. The van der Waals surface area contributed by atoms with Crippen LogP contribution in [0.25, 0.3) is 0 Å². The minimum Gasteiger partial charge on any atom is -0.490 e. The summed E-state index contributed by atoms with van der Waals surface area (Å²) in [5.41, 5.74) is 1.92. The van der Waals surface area contributed by atoms with Gasteiger partial charge < -0.3 is 25.0 Å². The fourth-order valence-corrected chi connectivity index (χ4v) is 5.16. The lowest BCUT2D eigenvalue weighted by Gasteiger charge is -2.42. The largest absolute Gasteiger partial charge is 0.490 e. The average molecular weight is 566 g/mol. The van der Waals surface area contributed by atoms with Gasteiger partial charge in [0.25, 0.3) is 11.8 Å². The molecule has 2 aliphatic rings. The Labute approximate surface area is 236 Å². The van der Waals surface area contributed by atoms with E-state index < -0.39 is 6.10 Å². The molecule has 2 aliphatic heterocycles. The van der Waals surface area contributed by atoms with E-state index in [1.165, 1.54) is 12.1 Å². The van der Waals surface area contributed by atoms with Gasteiger partial charge in [0.05, 0.1) is 24.1 Å². The number of benzene rings is 3. The van der Waals surface area contributed by atoms with Gasteiger partial charge in [-0.2, -0.15) is 0 Å². The molecule has 3 amide bonds. The van der Waals surface area contributed by atoms with Crippen molar-refractivity contribution in [1.82, 2.24) is 10.2 Å². The van der Waals surface area contributed by atoms with E-state index in [1.54, 1.807) is 66.5 Å². The maximum atomic E-state index is 13.5. The third-order valence-electron chi connectivity index (χ3n) is 7.17. The molecular weight excluding hydrogens is 537 g/mol. The van der Waals surface area contributed by atoms with Crippen molar-refractivity contribution in [1.29, 1.82) is 0 Å². The summed E-state index contributed by atoms with van der Waals surface area (Å²) in [6.07, 6.45) is 0.645. The number of hydrogen-bond donors (Lipinski definition) is 2. The molecule has 2 heterocycles. The molecule has 0 unspecified atom stereocenters. The summed E-state index contributed by atoms with van der Waals surface area (Å²) in [5, 5.41) is 6.16. The molecule has 0 bridgehead atoms. The summed E-state index contributed by atoms with van der Waals surface area (Å²) in [4.78, 5) is 40.3. The lowest BCUT2D eigenvalue weighted by molar-refractivity contribution is -0.134. The number of ether oxygens (including phenoxy) is 2. The van der Waals surface area contributed by atoms with Gasteiger partial charge in [0.1, 0.15) is 24.3 Å². The first-order chi connectivity index (χ1) is 19.3. The SMILES string of the molecule is CN1C(=O)c2cc(NC(=O)c3ccc(Cl)cc3)ccc2OC[C@@H]2O[C@@H](CC(=O)NCc3cccc(F)c3)CC[C@H]21. The van der Waals surface area contributed by atoms with E-state index in [9.17, 15) is 18.8 Å². The molecule has 0 aliphatic carbocycles. The van der Waals surface area contributed by atoms with Crippen molar-refractivity contribution in [2.75, 3.05) is 19.0 Å². The predicted molar refractivity (Wildman–Crippen MR) is 148 cm³/mol. The van der Waals surface area contributed by atoms with Gasteiger partial charge in [0, 0.05) is 29.9 Å². The monoisotopic (exact) mass is 565 g/mol. The van der Waals surface area contributed by atoms with E-state index in [-0.39, 0.29) is 55.3 Å². The number of carbonyl (C=O) groups is 3. The zero-order valence-electron chi connectivity index (χ0n) is 21.9. The number of fused-ring (bicyclic) bond motifs is 2. The number of anilines is 1. The van der Waals surface area contributed by atoms with Gasteiger partial charge in [-0.3, -0.25) is 14.4 Å². The third-order valence-corrected chi connectivity index (χ3v) is 7.42. The van der Waals surface area contributed by atoms with Crippen LogP contribution >= 0.6 is 11.6 Å². The van der Waals surface area contributed by atoms with Gasteiger partial charge in [-0.05, 0) is 73.0 Å². The minimum absolute atomic E-state index is 0.156. The zero-order chi connectivity index (χ0) is 28.2. The van der Waals surface area contributed by atoms with Crippen molar-refractivity contribution < 1.29 is 28.2 Å². The number of halogens is 2. The number of carbonyl (C=O) groups excluding carboxylic acids is 3. The van der Waals surface area contributed by atoms with E-state index in [0.717, 1.165) is 0 Å². The van der Waals surface area contributed by atoms with Crippen LogP contribution in [0.2, 0.25) is 5.02 Å². The van der Waals surface area contributed by atoms with Crippen LogP contribution in [-0.2, 0) is 16.1 Å². The average Bonchev–Trinajstić information content (AvgIpc) is 2.94. The van der Waals surface area contributed by atoms with Crippen molar-refractivity contribution in [2.45, 2.75) is 44.1 Å². The summed E-state index contributed by atoms with van der Waals surface area (Å²) < 4.78 is 25.6. The van der Waals surface area contributed by atoms with E-state index in [1.807, 2.05) is 0 Å². The molecule has 3 atom stereocenters. The molecule has 0 aromatic heterocycles. The van der Waals surface area contributed by atoms with Gasteiger partial charge in [-0.25, -0.2) is 4.39 Å². The van der Waals surface area contributed by atoms with Gasteiger partial charge >= 0.3 is 0 Å². The quantitative estimate of drug-likeness (QED) is 0.447. The molecule has 3 aromatic rings. The minimum atomic E-state index is -0.416. The van der Waals surface area contributed by atoms with Crippen molar-refractivity contribution in [3.63, 3.8) is 0 Å². The summed E-state index contributed by atoms with van der Waals surface area (Å²) in [6, 6.07) is 17.3. The Kier molecular flexibility index (Phi) is 8.32. The van der Waals surface area contributed by atoms with E-state index in [0.29, 0.717) is 46.0 Å². The Balaban J connectivity index is 1.21. The highest BCUT2D eigenvalue weighted by atomic mass is 35.5. The Bertz CT molecular complexity index is 1420. The van der Waals surface area contributed by atoms with Crippen LogP contribution in [0.1, 0.15) is 45.5 Å². The molecule has 0 radical (unpaired) electrons. The molecule has 10 heteroatoms. The number of rotatable bonds is 6. The highest BCUT2D eigenvalue weighted by molar-refractivity contribution is 6.30. The number of nitrogens with one attached hydrogen (secondary N) is 2. The normalized spacial score (nSPS) is 20.3. The molecule has 0 saturated carbocycles. The van der Waals surface area contributed by atoms with Gasteiger partial charge in [0.15, 0.2) is 0 Å². The van der Waals surface area contributed by atoms with Gasteiger partial charge in [0.2, 0.25) is 5.91 Å². The fraction of sp³-hybridized carbons (Fsp3) is 0.300. The second-order valence-corrected chi connectivity index (χ2v) is 10.4. The van der Waals surface area contributed by atoms with Crippen LogP contribution in [0.3, 0.4) is 0 Å². The molecule has 0 spiro atoms. The van der Waals surface area contributed by atoms with Gasteiger partial charge in [-0.1, -0.05) is 23.7 Å². The van der Waals surface area contributed by atoms with Crippen LogP contribution in [0.5, 0.6) is 5.75 Å². The first-order valence-electron chi connectivity index (χ1n) is 13.0. The first kappa shape index (κ1) is 27.6. The molecule has 1 fully saturated rings. The number of likely N-dealkylation sites (N-methyl/N-ethyl adjacent to an activating group) is 1. The molecule has 2 N–H and O–H groups in total.